The Morgan fingerprint density at radius 1 is 1.50 bits per heavy atom. The molecule has 0 aliphatic rings. The molecule has 72 valence electrons. The van der Waals surface area contributed by atoms with Crippen LogP contribution in [0.5, 0.6) is 5.75 Å². The fourth-order valence-corrected chi connectivity index (χ4v) is 1.57. The molecule has 2 aromatic rings. The Labute approximate surface area is 83.4 Å². The summed E-state index contributed by atoms with van der Waals surface area (Å²) in [6, 6.07) is 5.26. The number of carbonyl (C=O) groups excluding carboxylic acids is 1. The molecule has 0 saturated carbocycles. The van der Waals surface area contributed by atoms with Gasteiger partial charge < -0.3 is 9.47 Å². The molecule has 1 heterocycles. The summed E-state index contributed by atoms with van der Waals surface area (Å²) in [5, 5.41) is 3.84. The molecule has 0 bridgehead atoms. The van der Waals surface area contributed by atoms with Crippen molar-refractivity contribution >= 4 is 27.9 Å². The number of rotatable bonds is 1. The van der Waals surface area contributed by atoms with Crippen LogP contribution in [-0.4, -0.2) is 22.9 Å². The van der Waals surface area contributed by atoms with E-state index in [0.717, 1.165) is 4.70 Å². The summed E-state index contributed by atoms with van der Waals surface area (Å²) in [4.78, 5) is 10.9. The summed E-state index contributed by atoms with van der Waals surface area (Å²) in [5.41, 5.74) is 0.572. The maximum atomic E-state index is 10.9. The first-order chi connectivity index (χ1) is 6.81. The first-order valence-corrected chi connectivity index (χ1v) is 4.55. The van der Waals surface area contributed by atoms with Crippen molar-refractivity contribution in [3.8, 4) is 5.75 Å². The van der Waals surface area contributed by atoms with Gasteiger partial charge in [-0.3, -0.25) is 0 Å². The van der Waals surface area contributed by atoms with Crippen molar-refractivity contribution in [2.75, 3.05) is 7.11 Å². The standard InChI is InChI=1S/C8H6N2O3S/c1-12-8(11)13-5-3-2-4-6-7(5)9-10-14-6/h2-4H,1H3. The lowest BCUT2D eigenvalue weighted by Gasteiger charge is -2.01. The molecule has 0 N–H and O–H groups in total. The molecule has 0 unspecified atom stereocenters. The lowest BCUT2D eigenvalue weighted by atomic mass is 10.3. The van der Waals surface area contributed by atoms with Crippen LogP contribution in [0.1, 0.15) is 0 Å². The summed E-state index contributed by atoms with van der Waals surface area (Å²) < 4.78 is 13.9. The van der Waals surface area contributed by atoms with E-state index in [0.29, 0.717) is 11.3 Å². The fourth-order valence-electron chi connectivity index (χ4n) is 0.993. The van der Waals surface area contributed by atoms with Crippen molar-refractivity contribution in [1.82, 2.24) is 9.59 Å². The van der Waals surface area contributed by atoms with Gasteiger partial charge in [-0.1, -0.05) is 10.6 Å². The Balaban J connectivity index is 2.41. The maximum absolute atomic E-state index is 10.9. The molecule has 2 rings (SSSR count). The number of benzene rings is 1. The first kappa shape index (κ1) is 8.89. The third-order valence-electron chi connectivity index (χ3n) is 1.60. The highest BCUT2D eigenvalue weighted by Crippen LogP contribution is 2.25. The van der Waals surface area contributed by atoms with Crippen LogP contribution in [0.3, 0.4) is 0 Å². The van der Waals surface area contributed by atoms with E-state index in [1.54, 1.807) is 12.1 Å². The molecule has 1 aromatic heterocycles. The van der Waals surface area contributed by atoms with Crippen molar-refractivity contribution in [3.05, 3.63) is 18.2 Å². The Morgan fingerprint density at radius 3 is 3.14 bits per heavy atom. The van der Waals surface area contributed by atoms with Crippen molar-refractivity contribution in [3.63, 3.8) is 0 Å². The van der Waals surface area contributed by atoms with Gasteiger partial charge in [-0.15, -0.1) is 5.10 Å². The summed E-state index contributed by atoms with van der Waals surface area (Å²) in [6.07, 6.45) is -0.759. The molecule has 0 atom stereocenters. The van der Waals surface area contributed by atoms with E-state index in [2.05, 4.69) is 14.3 Å². The maximum Gasteiger partial charge on any atom is 0.513 e. The number of hydrogen-bond acceptors (Lipinski definition) is 6. The van der Waals surface area contributed by atoms with Gasteiger partial charge in [0.15, 0.2) is 5.75 Å². The van der Waals surface area contributed by atoms with Crippen LogP contribution in [0.4, 0.5) is 4.79 Å². The molecule has 0 aliphatic heterocycles. The lowest BCUT2D eigenvalue weighted by Crippen LogP contribution is -2.07. The Morgan fingerprint density at radius 2 is 2.36 bits per heavy atom. The van der Waals surface area contributed by atoms with Crippen LogP contribution < -0.4 is 4.74 Å². The predicted molar refractivity (Wildman–Crippen MR) is 50.4 cm³/mol. The monoisotopic (exact) mass is 210 g/mol. The van der Waals surface area contributed by atoms with Gasteiger partial charge >= 0.3 is 6.16 Å². The molecule has 1 aromatic carbocycles. The van der Waals surface area contributed by atoms with Crippen molar-refractivity contribution in [2.45, 2.75) is 0 Å². The van der Waals surface area contributed by atoms with Gasteiger partial charge in [-0.2, -0.15) is 0 Å². The van der Waals surface area contributed by atoms with E-state index in [-0.39, 0.29) is 0 Å². The quantitative estimate of drug-likeness (QED) is 0.530. The third-order valence-corrected chi connectivity index (χ3v) is 2.29. The van der Waals surface area contributed by atoms with Gasteiger partial charge in [0, 0.05) is 0 Å². The van der Waals surface area contributed by atoms with Crippen molar-refractivity contribution in [2.24, 2.45) is 0 Å². The van der Waals surface area contributed by atoms with Crippen LogP contribution in [-0.2, 0) is 4.74 Å². The highest BCUT2D eigenvalue weighted by atomic mass is 32.1. The van der Waals surface area contributed by atoms with Crippen LogP contribution in [0.25, 0.3) is 10.2 Å². The van der Waals surface area contributed by atoms with E-state index in [1.165, 1.54) is 18.6 Å². The molecule has 0 fully saturated rings. The molecule has 0 radical (unpaired) electrons. The Bertz CT molecular complexity index is 468. The second kappa shape index (κ2) is 3.59. The lowest BCUT2D eigenvalue weighted by molar-refractivity contribution is 0.122. The van der Waals surface area contributed by atoms with Crippen molar-refractivity contribution in [1.29, 1.82) is 0 Å². The molecule has 14 heavy (non-hydrogen) atoms. The van der Waals surface area contributed by atoms with Crippen LogP contribution in [0.2, 0.25) is 0 Å². The van der Waals surface area contributed by atoms with Gasteiger partial charge in [0.05, 0.1) is 11.8 Å². The zero-order valence-electron chi connectivity index (χ0n) is 7.26. The number of carbonyl (C=O) groups is 1. The normalized spacial score (nSPS) is 10.1. The summed E-state index contributed by atoms with van der Waals surface area (Å²) in [6.45, 7) is 0. The van der Waals surface area contributed by atoms with E-state index < -0.39 is 6.16 Å². The minimum Gasteiger partial charge on any atom is -0.437 e. The molecular weight excluding hydrogens is 204 g/mol. The SMILES string of the molecule is COC(=O)Oc1cccc2snnc12. The molecule has 0 amide bonds. The predicted octanol–water partition coefficient (Wildman–Crippen LogP) is 1.84. The van der Waals surface area contributed by atoms with Crippen molar-refractivity contribution < 1.29 is 14.3 Å². The second-order valence-electron chi connectivity index (χ2n) is 2.43. The smallest absolute Gasteiger partial charge is 0.437 e. The average Bonchev–Trinajstić information content (AvgIpc) is 2.66. The Kier molecular flexibility index (Phi) is 2.28. The van der Waals surface area contributed by atoms with Crippen LogP contribution in [0, 0.1) is 0 Å². The van der Waals surface area contributed by atoms with Gasteiger partial charge in [0.2, 0.25) is 0 Å². The summed E-state index contributed by atoms with van der Waals surface area (Å²) in [7, 11) is 1.25. The van der Waals surface area contributed by atoms with E-state index >= 15 is 0 Å². The minimum atomic E-state index is -0.759. The number of methoxy groups -OCH3 is 1. The molecule has 0 aliphatic carbocycles. The average molecular weight is 210 g/mol. The molecule has 5 nitrogen and oxygen atoms in total. The molecular formula is C8H6N2O3S. The highest BCUT2D eigenvalue weighted by molar-refractivity contribution is 7.13. The topological polar surface area (TPSA) is 61.3 Å². The van der Waals surface area contributed by atoms with Gasteiger partial charge in [0.25, 0.3) is 0 Å². The fraction of sp³-hybridized carbons (Fsp3) is 0.125. The Hall–Kier alpha value is -1.69. The largest absolute Gasteiger partial charge is 0.513 e. The van der Waals surface area contributed by atoms with E-state index in [9.17, 15) is 4.79 Å². The van der Waals surface area contributed by atoms with Crippen LogP contribution >= 0.6 is 11.5 Å². The highest BCUT2D eigenvalue weighted by Gasteiger charge is 2.09. The first-order valence-electron chi connectivity index (χ1n) is 3.78. The van der Waals surface area contributed by atoms with Crippen LogP contribution in [0.15, 0.2) is 18.2 Å². The van der Waals surface area contributed by atoms with Gasteiger partial charge in [-0.25, -0.2) is 4.79 Å². The number of aromatic nitrogens is 2. The number of hydrogen-bond donors (Lipinski definition) is 0. The zero-order chi connectivity index (χ0) is 9.97. The summed E-state index contributed by atoms with van der Waals surface area (Å²) >= 11 is 1.24. The third kappa shape index (κ3) is 1.51. The zero-order valence-corrected chi connectivity index (χ0v) is 8.08. The summed E-state index contributed by atoms with van der Waals surface area (Å²) in [5.74, 6) is 0.364. The number of nitrogens with zero attached hydrogens (tertiary/aromatic N) is 2. The second-order valence-corrected chi connectivity index (χ2v) is 3.22. The van der Waals surface area contributed by atoms with E-state index in [4.69, 9.17) is 4.74 Å². The number of ether oxygens (including phenoxy) is 2. The minimum absolute atomic E-state index is 0.364. The molecule has 0 spiro atoms. The van der Waals surface area contributed by atoms with Gasteiger partial charge in [-0.05, 0) is 23.7 Å². The molecule has 6 heteroatoms. The molecule has 0 saturated heterocycles. The van der Waals surface area contributed by atoms with E-state index in [1.807, 2.05) is 6.07 Å². The van der Waals surface area contributed by atoms with Gasteiger partial charge in [0.1, 0.15) is 5.52 Å². The number of fused-ring (bicyclic) bond motifs is 1.